The van der Waals surface area contributed by atoms with Crippen LogP contribution in [-0.2, 0) is 4.74 Å². The lowest BCUT2D eigenvalue weighted by atomic mass is 9.90. The Labute approximate surface area is 202 Å². The van der Waals surface area contributed by atoms with Gasteiger partial charge in [0.1, 0.15) is 0 Å². The topological polar surface area (TPSA) is 9.23 Å². The van der Waals surface area contributed by atoms with Gasteiger partial charge in [0, 0.05) is 12.5 Å². The molecule has 1 nitrogen and oxygen atoms in total. The summed E-state index contributed by atoms with van der Waals surface area (Å²) in [7, 11) is 0. The highest BCUT2D eigenvalue weighted by Crippen LogP contribution is 2.26. The first-order chi connectivity index (χ1) is 15.8. The van der Waals surface area contributed by atoms with Gasteiger partial charge in [-0.15, -0.1) is 0 Å². The first-order valence-corrected chi connectivity index (χ1v) is 14.4. The number of rotatable bonds is 23. The van der Waals surface area contributed by atoms with Crippen LogP contribution in [0.1, 0.15) is 153 Å². The first kappa shape index (κ1) is 29.2. The fraction of sp³-hybridized carbons (Fsp3) is 0.806. The second-order valence-electron chi connectivity index (χ2n) is 10.1. The highest BCUT2D eigenvalue weighted by atomic mass is 16.5. The molecule has 1 rings (SSSR count). The van der Waals surface area contributed by atoms with Crippen LogP contribution in [0.25, 0.3) is 0 Å². The molecule has 0 aliphatic rings. The minimum atomic E-state index is 0.569. The number of hydrogen-bond acceptors (Lipinski definition) is 1. The Kier molecular flexibility index (Phi) is 20.1. The van der Waals surface area contributed by atoms with Crippen LogP contribution >= 0.6 is 0 Å². The lowest BCUT2D eigenvalue weighted by Gasteiger charge is -2.20. The third-order valence-corrected chi connectivity index (χ3v) is 7.00. The fourth-order valence-corrected chi connectivity index (χ4v) is 4.82. The third-order valence-electron chi connectivity index (χ3n) is 7.00. The average molecular weight is 445 g/mol. The van der Waals surface area contributed by atoms with E-state index in [1.54, 1.807) is 0 Å². The van der Waals surface area contributed by atoms with Gasteiger partial charge < -0.3 is 4.74 Å². The lowest BCUT2D eigenvalue weighted by molar-refractivity contribution is 0.113. The fourth-order valence-electron chi connectivity index (χ4n) is 4.82. The second kappa shape index (κ2) is 22.0. The molecule has 0 aliphatic carbocycles. The Balaban J connectivity index is 2.18. The molecule has 0 aliphatic heterocycles. The summed E-state index contributed by atoms with van der Waals surface area (Å²) in [4.78, 5) is 0. The van der Waals surface area contributed by atoms with Gasteiger partial charge in [0.25, 0.3) is 0 Å². The highest BCUT2D eigenvalue weighted by molar-refractivity contribution is 5.29. The first-order valence-electron chi connectivity index (χ1n) is 14.4. The molecule has 186 valence electrons. The average Bonchev–Trinajstić information content (AvgIpc) is 2.80. The summed E-state index contributed by atoms with van der Waals surface area (Å²) in [6, 6.07) is 8.96. The number of unbranched alkanes of at least 4 members (excludes halogenated alkanes) is 16. The van der Waals surface area contributed by atoms with Gasteiger partial charge in [-0.2, -0.15) is 0 Å². The number of aryl methyl sites for hydroxylation is 1. The van der Waals surface area contributed by atoms with E-state index in [-0.39, 0.29) is 0 Å². The summed E-state index contributed by atoms with van der Waals surface area (Å²) in [6.45, 7) is 8.69. The quantitative estimate of drug-likeness (QED) is 0.152. The third kappa shape index (κ3) is 15.9. The van der Waals surface area contributed by atoms with E-state index in [1.807, 2.05) is 0 Å². The molecule has 1 atom stereocenters. The maximum atomic E-state index is 6.19. The number of hydrogen-bond donors (Lipinski definition) is 0. The Morgan fingerprint density at radius 3 is 1.59 bits per heavy atom. The molecular weight excluding hydrogens is 388 g/mol. The molecule has 1 aromatic rings. The molecule has 32 heavy (non-hydrogen) atoms. The second-order valence-corrected chi connectivity index (χ2v) is 10.1. The van der Waals surface area contributed by atoms with E-state index in [0.717, 1.165) is 13.2 Å². The van der Waals surface area contributed by atoms with Crippen molar-refractivity contribution >= 4 is 0 Å². The molecule has 0 aromatic heterocycles. The smallest absolute Gasteiger partial charge is 0.0534 e. The van der Waals surface area contributed by atoms with E-state index in [2.05, 4.69) is 45.0 Å². The zero-order valence-electron chi connectivity index (χ0n) is 22.1. The van der Waals surface area contributed by atoms with Crippen molar-refractivity contribution in [3.8, 4) is 0 Å². The Hall–Kier alpha value is -0.820. The molecule has 0 saturated heterocycles. The summed E-state index contributed by atoms with van der Waals surface area (Å²) in [5.41, 5.74) is 2.94. The van der Waals surface area contributed by atoms with Crippen molar-refractivity contribution in [2.75, 3.05) is 13.2 Å². The standard InChI is InChI=1S/C31H56O/c1-4-6-8-10-12-14-15-16-18-20-25-30(31-26-22-21-24-29(31)3)28-32-27-23-19-17-13-11-9-7-5-2/h21-22,24,26,30H,4-20,23,25,27-28H2,1-3H3. The van der Waals surface area contributed by atoms with Gasteiger partial charge in [0.15, 0.2) is 0 Å². The number of ether oxygens (including phenoxy) is 1. The van der Waals surface area contributed by atoms with Crippen molar-refractivity contribution in [3.63, 3.8) is 0 Å². The molecule has 0 N–H and O–H groups in total. The monoisotopic (exact) mass is 444 g/mol. The van der Waals surface area contributed by atoms with Crippen molar-refractivity contribution in [2.45, 2.75) is 149 Å². The zero-order chi connectivity index (χ0) is 23.1. The van der Waals surface area contributed by atoms with Crippen LogP contribution in [0.15, 0.2) is 24.3 Å². The lowest BCUT2D eigenvalue weighted by Crippen LogP contribution is -2.10. The molecule has 0 saturated carbocycles. The Morgan fingerprint density at radius 2 is 1.06 bits per heavy atom. The minimum absolute atomic E-state index is 0.569. The molecule has 0 radical (unpaired) electrons. The van der Waals surface area contributed by atoms with Crippen LogP contribution in [0.3, 0.4) is 0 Å². The molecule has 0 bridgehead atoms. The SMILES string of the molecule is CCCCCCCCCCCCC(COCCCCCCCCCC)c1ccccc1C. The molecule has 1 unspecified atom stereocenters. The van der Waals surface area contributed by atoms with E-state index in [1.165, 1.54) is 133 Å². The van der Waals surface area contributed by atoms with E-state index in [0.29, 0.717) is 5.92 Å². The summed E-state index contributed by atoms with van der Waals surface area (Å²) in [5.74, 6) is 0.569. The normalized spacial score (nSPS) is 12.3. The summed E-state index contributed by atoms with van der Waals surface area (Å²) in [6.07, 6.45) is 26.3. The van der Waals surface area contributed by atoms with Crippen LogP contribution in [0.2, 0.25) is 0 Å². The Bertz CT molecular complexity index is 485. The summed E-state index contributed by atoms with van der Waals surface area (Å²) < 4.78 is 6.19. The van der Waals surface area contributed by atoms with Crippen molar-refractivity contribution in [3.05, 3.63) is 35.4 Å². The zero-order valence-corrected chi connectivity index (χ0v) is 22.1. The van der Waals surface area contributed by atoms with Crippen LogP contribution in [0.4, 0.5) is 0 Å². The van der Waals surface area contributed by atoms with Gasteiger partial charge in [-0.05, 0) is 30.9 Å². The van der Waals surface area contributed by atoms with Gasteiger partial charge in [0.2, 0.25) is 0 Å². The van der Waals surface area contributed by atoms with Crippen LogP contribution in [0, 0.1) is 6.92 Å². The Morgan fingerprint density at radius 1 is 0.594 bits per heavy atom. The molecule has 1 heteroatoms. The molecule has 0 heterocycles. The van der Waals surface area contributed by atoms with E-state index in [4.69, 9.17) is 4.74 Å². The largest absolute Gasteiger partial charge is 0.381 e. The number of benzene rings is 1. The van der Waals surface area contributed by atoms with Gasteiger partial charge in [0.05, 0.1) is 6.61 Å². The van der Waals surface area contributed by atoms with Crippen LogP contribution in [-0.4, -0.2) is 13.2 Å². The van der Waals surface area contributed by atoms with E-state index < -0.39 is 0 Å². The van der Waals surface area contributed by atoms with Gasteiger partial charge in [-0.3, -0.25) is 0 Å². The summed E-state index contributed by atoms with van der Waals surface area (Å²) in [5, 5.41) is 0. The molecular formula is C31H56O. The highest BCUT2D eigenvalue weighted by Gasteiger charge is 2.13. The molecule has 0 spiro atoms. The molecule has 1 aromatic carbocycles. The van der Waals surface area contributed by atoms with Gasteiger partial charge in [-0.1, -0.05) is 147 Å². The minimum Gasteiger partial charge on any atom is -0.381 e. The van der Waals surface area contributed by atoms with Crippen molar-refractivity contribution in [1.29, 1.82) is 0 Å². The van der Waals surface area contributed by atoms with Crippen molar-refractivity contribution in [1.82, 2.24) is 0 Å². The van der Waals surface area contributed by atoms with Gasteiger partial charge >= 0.3 is 0 Å². The predicted octanol–water partition coefficient (Wildman–Crippen LogP) is 10.5. The maximum absolute atomic E-state index is 6.19. The predicted molar refractivity (Wildman–Crippen MR) is 144 cm³/mol. The van der Waals surface area contributed by atoms with Gasteiger partial charge in [-0.25, -0.2) is 0 Å². The van der Waals surface area contributed by atoms with Crippen molar-refractivity contribution in [2.24, 2.45) is 0 Å². The van der Waals surface area contributed by atoms with Crippen LogP contribution in [0.5, 0.6) is 0 Å². The molecule has 0 fully saturated rings. The maximum Gasteiger partial charge on any atom is 0.0534 e. The van der Waals surface area contributed by atoms with E-state index in [9.17, 15) is 0 Å². The van der Waals surface area contributed by atoms with Crippen molar-refractivity contribution < 1.29 is 4.74 Å². The van der Waals surface area contributed by atoms with Crippen LogP contribution < -0.4 is 0 Å². The summed E-state index contributed by atoms with van der Waals surface area (Å²) >= 11 is 0. The molecule has 0 amide bonds. The van der Waals surface area contributed by atoms with E-state index >= 15 is 0 Å².